The Morgan fingerprint density at radius 1 is 1.29 bits per heavy atom. The van der Waals surface area contributed by atoms with E-state index in [0.717, 1.165) is 36.8 Å². The van der Waals surface area contributed by atoms with Crippen molar-refractivity contribution in [3.05, 3.63) is 45.5 Å². The summed E-state index contributed by atoms with van der Waals surface area (Å²) in [6, 6.07) is 5.60. The van der Waals surface area contributed by atoms with Crippen LogP contribution in [0.1, 0.15) is 43.5 Å². The van der Waals surface area contributed by atoms with E-state index in [0.29, 0.717) is 29.2 Å². The summed E-state index contributed by atoms with van der Waals surface area (Å²) < 4.78 is 7.32. The minimum absolute atomic E-state index is 0.00542. The fourth-order valence-electron chi connectivity index (χ4n) is 2.49. The molecule has 0 aliphatic carbocycles. The van der Waals surface area contributed by atoms with Crippen LogP contribution >= 0.6 is 23.2 Å². The van der Waals surface area contributed by atoms with E-state index in [9.17, 15) is 0 Å². The maximum absolute atomic E-state index is 6.15. The SMILES string of the molecule is CCOCCCNC(=NCc1nnc(C)n1C)NC(C)c1ccc(Cl)c(Cl)c1. The number of ether oxygens (including phenoxy) is 1. The van der Waals surface area contributed by atoms with E-state index in [4.69, 9.17) is 27.9 Å². The van der Waals surface area contributed by atoms with Gasteiger partial charge in [0, 0.05) is 26.8 Å². The molecule has 1 aromatic heterocycles. The number of halogens is 2. The Morgan fingerprint density at radius 3 is 2.71 bits per heavy atom. The van der Waals surface area contributed by atoms with Crippen LogP contribution in [0, 0.1) is 6.92 Å². The smallest absolute Gasteiger partial charge is 0.192 e. The van der Waals surface area contributed by atoms with Crippen molar-refractivity contribution in [3.63, 3.8) is 0 Å². The molecule has 1 unspecified atom stereocenters. The zero-order valence-electron chi connectivity index (χ0n) is 16.8. The average molecular weight is 427 g/mol. The molecule has 0 fully saturated rings. The first-order valence-electron chi connectivity index (χ1n) is 9.34. The molecule has 1 atom stereocenters. The molecule has 9 heteroatoms. The molecule has 0 spiro atoms. The normalized spacial score (nSPS) is 12.9. The van der Waals surface area contributed by atoms with Crippen LogP contribution in [-0.2, 0) is 18.3 Å². The van der Waals surface area contributed by atoms with Crippen LogP contribution in [-0.4, -0.2) is 40.5 Å². The first-order valence-corrected chi connectivity index (χ1v) is 10.1. The largest absolute Gasteiger partial charge is 0.382 e. The maximum atomic E-state index is 6.15. The standard InChI is InChI=1S/C19H28Cl2N6O/c1-5-28-10-6-9-22-19(23-12-18-26-25-14(3)27(18)4)24-13(2)15-7-8-16(20)17(21)11-15/h7-8,11,13H,5-6,9-10,12H2,1-4H3,(H2,22,23,24). The molecule has 0 aliphatic rings. The van der Waals surface area contributed by atoms with Gasteiger partial charge in [0.1, 0.15) is 12.4 Å². The predicted octanol–water partition coefficient (Wildman–Crippen LogP) is 3.65. The lowest BCUT2D eigenvalue weighted by molar-refractivity contribution is 0.145. The van der Waals surface area contributed by atoms with E-state index >= 15 is 0 Å². The van der Waals surface area contributed by atoms with Gasteiger partial charge in [-0.05, 0) is 44.9 Å². The summed E-state index contributed by atoms with van der Waals surface area (Å²) in [5, 5.41) is 16.1. The fraction of sp³-hybridized carbons (Fsp3) is 0.526. The molecule has 28 heavy (non-hydrogen) atoms. The van der Waals surface area contributed by atoms with Gasteiger partial charge in [-0.2, -0.15) is 0 Å². The lowest BCUT2D eigenvalue weighted by Gasteiger charge is -2.19. The molecule has 0 aliphatic heterocycles. The van der Waals surface area contributed by atoms with Crippen molar-refractivity contribution >= 4 is 29.2 Å². The molecule has 7 nitrogen and oxygen atoms in total. The van der Waals surface area contributed by atoms with Crippen molar-refractivity contribution in [2.45, 2.75) is 39.8 Å². The van der Waals surface area contributed by atoms with Crippen LogP contribution in [0.3, 0.4) is 0 Å². The van der Waals surface area contributed by atoms with Gasteiger partial charge in [-0.25, -0.2) is 4.99 Å². The average Bonchev–Trinajstić information content (AvgIpc) is 2.99. The molecular weight excluding hydrogens is 399 g/mol. The second-order valence-electron chi connectivity index (χ2n) is 6.40. The molecule has 0 bridgehead atoms. The second-order valence-corrected chi connectivity index (χ2v) is 7.22. The van der Waals surface area contributed by atoms with Crippen molar-refractivity contribution in [3.8, 4) is 0 Å². The first-order chi connectivity index (χ1) is 13.4. The third-order valence-corrected chi connectivity index (χ3v) is 5.06. The molecule has 0 saturated heterocycles. The Kier molecular flexibility index (Phi) is 9.02. The van der Waals surface area contributed by atoms with Crippen molar-refractivity contribution in [1.82, 2.24) is 25.4 Å². The van der Waals surface area contributed by atoms with Crippen LogP contribution in [0.2, 0.25) is 10.0 Å². The summed E-state index contributed by atoms with van der Waals surface area (Å²) in [6.45, 7) is 8.55. The second kappa shape index (κ2) is 11.2. The summed E-state index contributed by atoms with van der Waals surface area (Å²) in [4.78, 5) is 4.66. The number of hydrogen-bond donors (Lipinski definition) is 2. The summed E-state index contributed by atoms with van der Waals surface area (Å²) in [6.07, 6.45) is 0.888. The van der Waals surface area contributed by atoms with Gasteiger partial charge in [-0.15, -0.1) is 10.2 Å². The van der Waals surface area contributed by atoms with Gasteiger partial charge in [0.25, 0.3) is 0 Å². The van der Waals surface area contributed by atoms with E-state index in [-0.39, 0.29) is 6.04 Å². The first kappa shape index (κ1) is 22.5. The van der Waals surface area contributed by atoms with E-state index in [1.807, 2.05) is 44.5 Å². The van der Waals surface area contributed by atoms with Gasteiger partial charge in [-0.1, -0.05) is 29.3 Å². The third-order valence-electron chi connectivity index (χ3n) is 4.32. The minimum atomic E-state index is -0.00542. The zero-order valence-corrected chi connectivity index (χ0v) is 18.3. The molecule has 0 saturated carbocycles. The van der Waals surface area contributed by atoms with Gasteiger partial charge in [-0.3, -0.25) is 0 Å². The number of hydrogen-bond acceptors (Lipinski definition) is 4. The van der Waals surface area contributed by atoms with Crippen molar-refractivity contribution in [1.29, 1.82) is 0 Å². The number of nitrogens with one attached hydrogen (secondary N) is 2. The molecular formula is C19H28Cl2N6O. The topological polar surface area (TPSA) is 76.4 Å². The number of aryl methyl sites for hydroxylation is 1. The van der Waals surface area contributed by atoms with E-state index < -0.39 is 0 Å². The van der Waals surface area contributed by atoms with Crippen molar-refractivity contribution < 1.29 is 4.74 Å². The monoisotopic (exact) mass is 426 g/mol. The fourth-order valence-corrected chi connectivity index (χ4v) is 2.79. The van der Waals surface area contributed by atoms with Crippen LogP contribution in [0.4, 0.5) is 0 Å². The summed E-state index contributed by atoms with van der Waals surface area (Å²) in [5.41, 5.74) is 1.02. The number of rotatable bonds is 9. The highest BCUT2D eigenvalue weighted by Crippen LogP contribution is 2.25. The maximum Gasteiger partial charge on any atom is 0.192 e. The Balaban J connectivity index is 2.06. The Labute approximate surface area is 176 Å². The third kappa shape index (κ3) is 6.65. The predicted molar refractivity (Wildman–Crippen MR) is 114 cm³/mol. The van der Waals surface area contributed by atoms with Gasteiger partial charge in [0.05, 0.1) is 16.1 Å². The molecule has 1 aromatic carbocycles. The number of nitrogens with zero attached hydrogens (tertiary/aromatic N) is 4. The highest BCUT2D eigenvalue weighted by molar-refractivity contribution is 6.42. The lowest BCUT2D eigenvalue weighted by atomic mass is 10.1. The van der Waals surface area contributed by atoms with Crippen LogP contribution in [0.5, 0.6) is 0 Å². The molecule has 154 valence electrons. The Morgan fingerprint density at radius 2 is 2.07 bits per heavy atom. The van der Waals surface area contributed by atoms with Gasteiger partial charge in [0.2, 0.25) is 0 Å². The molecule has 2 aromatic rings. The molecule has 2 rings (SSSR count). The lowest BCUT2D eigenvalue weighted by Crippen LogP contribution is -2.39. The molecule has 2 N–H and O–H groups in total. The number of benzene rings is 1. The van der Waals surface area contributed by atoms with E-state index in [1.165, 1.54) is 0 Å². The quantitative estimate of drug-likeness (QED) is 0.363. The van der Waals surface area contributed by atoms with Crippen LogP contribution < -0.4 is 10.6 Å². The summed E-state index contributed by atoms with van der Waals surface area (Å²) in [7, 11) is 1.93. The van der Waals surface area contributed by atoms with Crippen molar-refractivity contribution in [2.75, 3.05) is 19.8 Å². The number of aromatic nitrogens is 3. The van der Waals surface area contributed by atoms with Crippen molar-refractivity contribution in [2.24, 2.45) is 12.0 Å². The van der Waals surface area contributed by atoms with Gasteiger partial charge >= 0.3 is 0 Å². The van der Waals surface area contributed by atoms with Gasteiger partial charge < -0.3 is 19.9 Å². The highest BCUT2D eigenvalue weighted by Gasteiger charge is 2.11. The number of guanidine groups is 1. The van der Waals surface area contributed by atoms with E-state index in [1.54, 1.807) is 6.07 Å². The number of aliphatic imine (C=N–C) groups is 1. The molecule has 1 heterocycles. The van der Waals surface area contributed by atoms with Gasteiger partial charge in [0.15, 0.2) is 11.8 Å². The summed E-state index contributed by atoms with van der Waals surface area (Å²) >= 11 is 12.2. The zero-order chi connectivity index (χ0) is 20.5. The molecule has 0 radical (unpaired) electrons. The summed E-state index contributed by atoms with van der Waals surface area (Å²) in [5.74, 6) is 2.35. The minimum Gasteiger partial charge on any atom is -0.382 e. The Hall–Kier alpha value is -1.83. The van der Waals surface area contributed by atoms with Crippen LogP contribution in [0.15, 0.2) is 23.2 Å². The highest BCUT2D eigenvalue weighted by atomic mass is 35.5. The Bertz CT molecular complexity index is 793. The van der Waals surface area contributed by atoms with Crippen LogP contribution in [0.25, 0.3) is 0 Å². The molecule has 0 amide bonds. The van der Waals surface area contributed by atoms with E-state index in [2.05, 4.69) is 25.8 Å².